The normalized spacial score (nSPS) is 12.4. The number of benzene rings is 1. The maximum absolute atomic E-state index is 13.6. The smallest absolute Gasteiger partial charge is 0.408 e. The number of primary amides is 1. The molecular weight excluding hydrogens is 484 g/mol. The van der Waals surface area contributed by atoms with Gasteiger partial charge >= 0.3 is 12.1 Å². The minimum atomic E-state index is -1.45. The van der Waals surface area contributed by atoms with Gasteiger partial charge in [0.25, 0.3) is 0 Å². The number of esters is 1. The lowest BCUT2D eigenvalue weighted by Gasteiger charge is -2.33. The van der Waals surface area contributed by atoms with E-state index in [0.717, 1.165) is 4.90 Å². The van der Waals surface area contributed by atoms with Gasteiger partial charge in [0.05, 0.1) is 19.4 Å². The average Bonchev–Trinajstić information content (AvgIpc) is 2.77. The number of hydrogen-bond donors (Lipinski definition) is 4. The van der Waals surface area contributed by atoms with Gasteiger partial charge in [-0.1, -0.05) is 18.2 Å². The highest BCUT2D eigenvalue weighted by Crippen LogP contribution is 2.25. The topological polar surface area (TPSA) is 177 Å². The summed E-state index contributed by atoms with van der Waals surface area (Å²) in [6.45, 7) is 10.2. The van der Waals surface area contributed by atoms with Crippen LogP contribution >= 0.6 is 0 Å². The van der Waals surface area contributed by atoms with E-state index >= 15 is 0 Å². The number of hydrogen-bond acceptors (Lipinski definition) is 8. The molecule has 0 aliphatic heterocycles. The second kappa shape index (κ2) is 14.5. The molecule has 0 aromatic heterocycles. The third-order valence-corrected chi connectivity index (χ3v) is 4.71. The second-order valence-electron chi connectivity index (χ2n) is 8.99. The van der Waals surface area contributed by atoms with Crippen molar-refractivity contribution in [2.45, 2.75) is 58.2 Å². The van der Waals surface area contributed by atoms with Gasteiger partial charge in [0.2, 0.25) is 17.7 Å². The molecule has 0 spiro atoms. The summed E-state index contributed by atoms with van der Waals surface area (Å²) in [6.07, 6.45) is -0.238. The Morgan fingerprint density at radius 1 is 1.16 bits per heavy atom. The molecule has 5 N–H and O–H groups in total. The third kappa shape index (κ3) is 11.0. The first-order valence-electron chi connectivity index (χ1n) is 11.7. The number of carbonyl (C=O) groups excluding carboxylic acids is 5. The van der Waals surface area contributed by atoms with E-state index in [0.29, 0.717) is 5.56 Å². The lowest BCUT2D eigenvalue weighted by Crippen LogP contribution is -2.54. The van der Waals surface area contributed by atoms with Crippen LogP contribution in [0.1, 0.15) is 52.1 Å². The molecule has 37 heavy (non-hydrogen) atoms. The molecule has 1 rings (SSSR count). The van der Waals surface area contributed by atoms with E-state index in [9.17, 15) is 29.1 Å². The number of alkyl carbamates (subject to hydrolysis) is 1. The zero-order chi connectivity index (χ0) is 28.2. The number of rotatable bonds is 13. The first-order valence-corrected chi connectivity index (χ1v) is 11.7. The predicted molar refractivity (Wildman–Crippen MR) is 134 cm³/mol. The lowest BCUT2D eigenvalue weighted by atomic mass is 10.0. The summed E-state index contributed by atoms with van der Waals surface area (Å²) >= 11 is 0. The number of amides is 4. The minimum Gasteiger partial charge on any atom is -0.508 e. The number of carbonyl (C=O) groups is 5. The number of phenols is 1. The fourth-order valence-corrected chi connectivity index (χ4v) is 3.26. The molecule has 0 bridgehead atoms. The molecule has 12 nitrogen and oxygen atoms in total. The van der Waals surface area contributed by atoms with Crippen LogP contribution in [0.15, 0.2) is 36.9 Å². The Bertz CT molecular complexity index is 972. The second-order valence-corrected chi connectivity index (χ2v) is 8.99. The highest BCUT2D eigenvalue weighted by atomic mass is 16.6. The van der Waals surface area contributed by atoms with E-state index in [1.807, 2.05) is 0 Å². The maximum atomic E-state index is 13.6. The van der Waals surface area contributed by atoms with Crippen LogP contribution in [0.4, 0.5) is 4.79 Å². The largest absolute Gasteiger partial charge is 0.508 e. The van der Waals surface area contributed by atoms with E-state index in [1.165, 1.54) is 30.3 Å². The summed E-state index contributed by atoms with van der Waals surface area (Å²) in [4.78, 5) is 63.8. The van der Waals surface area contributed by atoms with Crippen molar-refractivity contribution >= 4 is 29.8 Å². The standard InChI is InChI=1S/C25H36N4O8/c1-6-14-29(23(34)18(15-19(26)31)28-24(35)37-25(3,4)5)21(16-8-10-17(30)11-9-16)22(33)27-13-12-20(32)36-7-2/h6,8-11,18,21,30H,1,7,12-15H2,2-5H3,(H2,26,31)(H,27,33)(H,28,35). The molecule has 1 aromatic rings. The summed E-state index contributed by atoms with van der Waals surface area (Å²) in [5.41, 5.74) is 4.76. The Hall–Kier alpha value is -4.09. The Morgan fingerprint density at radius 2 is 1.78 bits per heavy atom. The van der Waals surface area contributed by atoms with E-state index < -0.39 is 53.9 Å². The van der Waals surface area contributed by atoms with Gasteiger partial charge in [0.15, 0.2) is 0 Å². The van der Waals surface area contributed by atoms with Gasteiger partial charge in [-0.25, -0.2) is 4.79 Å². The van der Waals surface area contributed by atoms with Gasteiger partial charge in [0, 0.05) is 13.1 Å². The summed E-state index contributed by atoms with van der Waals surface area (Å²) in [6, 6.07) is 2.84. The van der Waals surface area contributed by atoms with Crippen LogP contribution in [-0.2, 0) is 28.7 Å². The van der Waals surface area contributed by atoms with Gasteiger partial charge in [-0.3, -0.25) is 19.2 Å². The molecule has 204 valence electrons. The third-order valence-electron chi connectivity index (χ3n) is 4.71. The van der Waals surface area contributed by atoms with Crippen molar-refractivity contribution < 1.29 is 38.6 Å². The highest BCUT2D eigenvalue weighted by Gasteiger charge is 2.36. The fourth-order valence-electron chi connectivity index (χ4n) is 3.26. The molecule has 2 atom stereocenters. The molecule has 0 saturated heterocycles. The van der Waals surface area contributed by atoms with Crippen molar-refractivity contribution in [1.82, 2.24) is 15.5 Å². The number of ether oxygens (including phenoxy) is 2. The number of nitrogens with zero attached hydrogens (tertiary/aromatic N) is 1. The van der Waals surface area contributed by atoms with Crippen LogP contribution in [0.3, 0.4) is 0 Å². The van der Waals surface area contributed by atoms with Crippen LogP contribution in [0.25, 0.3) is 0 Å². The lowest BCUT2D eigenvalue weighted by molar-refractivity contribution is -0.144. The number of phenolic OH excluding ortho intramolecular Hbond substituents is 1. The molecule has 0 saturated carbocycles. The molecule has 0 heterocycles. The van der Waals surface area contributed by atoms with Gasteiger partial charge in [0.1, 0.15) is 23.4 Å². The van der Waals surface area contributed by atoms with E-state index in [4.69, 9.17) is 15.2 Å². The number of nitrogens with one attached hydrogen (secondary N) is 2. The number of nitrogens with two attached hydrogens (primary N) is 1. The molecule has 1 aromatic carbocycles. The Kier molecular flexibility index (Phi) is 12.1. The molecule has 2 unspecified atom stereocenters. The zero-order valence-corrected chi connectivity index (χ0v) is 21.6. The summed E-state index contributed by atoms with van der Waals surface area (Å²) in [7, 11) is 0. The van der Waals surface area contributed by atoms with E-state index in [1.54, 1.807) is 27.7 Å². The Balaban J connectivity index is 3.34. The Labute approximate surface area is 216 Å². The van der Waals surface area contributed by atoms with Crippen molar-refractivity contribution in [1.29, 1.82) is 0 Å². The minimum absolute atomic E-state index is 0.0648. The first-order chi connectivity index (χ1) is 17.3. The monoisotopic (exact) mass is 520 g/mol. The van der Waals surface area contributed by atoms with E-state index in [2.05, 4.69) is 17.2 Å². The van der Waals surface area contributed by atoms with Crippen molar-refractivity contribution in [3.63, 3.8) is 0 Å². The average molecular weight is 521 g/mol. The van der Waals surface area contributed by atoms with Crippen molar-refractivity contribution in [2.24, 2.45) is 5.73 Å². The van der Waals surface area contributed by atoms with E-state index in [-0.39, 0.29) is 31.9 Å². The van der Waals surface area contributed by atoms with Crippen molar-refractivity contribution in [3.8, 4) is 5.75 Å². The van der Waals surface area contributed by atoms with Gasteiger partial charge in [-0.05, 0) is 45.4 Å². The van der Waals surface area contributed by atoms with Gasteiger partial charge in [-0.15, -0.1) is 6.58 Å². The van der Waals surface area contributed by atoms with Gasteiger partial charge in [-0.2, -0.15) is 0 Å². The zero-order valence-electron chi connectivity index (χ0n) is 21.6. The number of aromatic hydroxyl groups is 1. The quantitative estimate of drug-likeness (QED) is 0.222. The summed E-state index contributed by atoms with van der Waals surface area (Å²) in [5.74, 6) is -2.90. The maximum Gasteiger partial charge on any atom is 0.408 e. The van der Waals surface area contributed by atoms with Crippen LogP contribution in [0.5, 0.6) is 5.75 Å². The van der Waals surface area contributed by atoms with Crippen molar-refractivity contribution in [3.05, 3.63) is 42.5 Å². The first kappa shape index (κ1) is 30.9. The van der Waals surface area contributed by atoms with Crippen LogP contribution < -0.4 is 16.4 Å². The molecule has 12 heteroatoms. The van der Waals surface area contributed by atoms with Crippen molar-refractivity contribution in [2.75, 3.05) is 19.7 Å². The predicted octanol–water partition coefficient (Wildman–Crippen LogP) is 1.29. The molecule has 0 fully saturated rings. The van der Waals surface area contributed by atoms with Crippen LogP contribution in [-0.4, -0.2) is 71.1 Å². The van der Waals surface area contributed by atoms with Gasteiger partial charge < -0.3 is 35.8 Å². The molecule has 4 amide bonds. The Morgan fingerprint density at radius 3 is 2.30 bits per heavy atom. The summed E-state index contributed by atoms with van der Waals surface area (Å²) < 4.78 is 10.1. The molecular formula is C25H36N4O8. The SMILES string of the molecule is C=CCN(C(=O)C(CC(N)=O)NC(=O)OC(C)(C)C)C(C(=O)NCCC(=O)OCC)c1ccc(O)cc1. The molecule has 0 aliphatic carbocycles. The molecule has 0 aliphatic rings. The highest BCUT2D eigenvalue weighted by molar-refractivity contribution is 5.94. The van der Waals surface area contributed by atoms with Crippen LogP contribution in [0, 0.1) is 0 Å². The van der Waals surface area contributed by atoms with Crippen LogP contribution in [0.2, 0.25) is 0 Å². The fraction of sp³-hybridized carbons (Fsp3) is 0.480. The molecule has 0 radical (unpaired) electrons. The summed E-state index contributed by atoms with van der Waals surface area (Å²) in [5, 5.41) is 14.6.